The molecule has 0 aromatic rings. The highest BCUT2D eigenvalue weighted by Crippen LogP contribution is 1.95. The number of carbonyl (C=O) groups excluding carboxylic acids is 1. The Morgan fingerprint density at radius 2 is 2.00 bits per heavy atom. The lowest BCUT2D eigenvalue weighted by Gasteiger charge is -2.08. The van der Waals surface area contributed by atoms with Crippen molar-refractivity contribution in [1.29, 1.82) is 0 Å². The average Bonchev–Trinajstić information content (AvgIpc) is 2.20. The first-order valence-corrected chi connectivity index (χ1v) is 5.56. The van der Waals surface area contributed by atoms with Gasteiger partial charge >= 0.3 is 6.09 Å². The lowest BCUT2D eigenvalue weighted by molar-refractivity contribution is 0.132. The molecule has 0 rings (SSSR count). The minimum absolute atomic E-state index is 0.310. The predicted octanol–water partition coefficient (Wildman–Crippen LogP) is 2.19. The third-order valence-corrected chi connectivity index (χ3v) is 1.84. The first-order chi connectivity index (χ1) is 7.16. The van der Waals surface area contributed by atoms with Gasteiger partial charge in [0, 0.05) is 20.3 Å². The van der Waals surface area contributed by atoms with Crippen molar-refractivity contribution in [3.05, 3.63) is 0 Å². The van der Waals surface area contributed by atoms with Gasteiger partial charge in [-0.3, -0.25) is 0 Å². The molecule has 0 saturated carbocycles. The Morgan fingerprint density at radius 3 is 2.60 bits per heavy atom. The summed E-state index contributed by atoms with van der Waals surface area (Å²) in [7, 11) is 1.70. The zero-order chi connectivity index (χ0) is 11.5. The Hall–Kier alpha value is -0.770. The largest absolute Gasteiger partial charge is 0.449 e. The van der Waals surface area contributed by atoms with E-state index in [-0.39, 0.29) is 6.09 Å². The molecule has 4 heteroatoms. The van der Waals surface area contributed by atoms with Gasteiger partial charge in [-0.25, -0.2) is 4.79 Å². The van der Waals surface area contributed by atoms with Crippen LogP contribution < -0.4 is 5.32 Å². The molecule has 0 aromatic heterocycles. The number of unbranched alkanes of at least 4 members (excludes halogenated alkanes) is 2. The van der Waals surface area contributed by atoms with Crippen molar-refractivity contribution in [3.63, 3.8) is 0 Å². The summed E-state index contributed by atoms with van der Waals surface area (Å²) in [6, 6.07) is 0. The van der Waals surface area contributed by atoms with E-state index in [0.29, 0.717) is 19.1 Å². The zero-order valence-electron chi connectivity index (χ0n) is 10.0. The fraction of sp³-hybridized carbons (Fsp3) is 0.909. The van der Waals surface area contributed by atoms with E-state index in [1.165, 1.54) is 0 Å². The Labute approximate surface area is 92.3 Å². The molecule has 15 heavy (non-hydrogen) atoms. The second-order valence-corrected chi connectivity index (χ2v) is 3.97. The summed E-state index contributed by atoms with van der Waals surface area (Å²) in [5, 5.41) is 2.71. The summed E-state index contributed by atoms with van der Waals surface area (Å²) < 4.78 is 9.88. The number of carbonyl (C=O) groups is 1. The molecule has 90 valence electrons. The quantitative estimate of drug-likeness (QED) is 0.634. The van der Waals surface area contributed by atoms with Crippen LogP contribution in [-0.2, 0) is 9.47 Å². The summed E-state index contributed by atoms with van der Waals surface area (Å²) in [4.78, 5) is 11.1. The lowest BCUT2D eigenvalue weighted by Crippen LogP contribution is -2.26. The topological polar surface area (TPSA) is 47.6 Å². The SMILES string of the molecule is COCCCCCNC(=O)OCC(C)C. The first-order valence-electron chi connectivity index (χ1n) is 5.56. The number of hydrogen-bond donors (Lipinski definition) is 1. The van der Waals surface area contributed by atoms with Crippen LogP contribution in [0.4, 0.5) is 4.79 Å². The third kappa shape index (κ3) is 11.2. The van der Waals surface area contributed by atoms with E-state index in [1.54, 1.807) is 7.11 Å². The van der Waals surface area contributed by atoms with Crippen molar-refractivity contribution in [3.8, 4) is 0 Å². The second-order valence-electron chi connectivity index (χ2n) is 3.97. The number of nitrogens with one attached hydrogen (secondary N) is 1. The van der Waals surface area contributed by atoms with Crippen molar-refractivity contribution in [2.45, 2.75) is 33.1 Å². The maximum absolute atomic E-state index is 11.1. The van der Waals surface area contributed by atoms with E-state index in [1.807, 2.05) is 13.8 Å². The van der Waals surface area contributed by atoms with Crippen molar-refractivity contribution in [1.82, 2.24) is 5.32 Å². The molecular formula is C11H23NO3. The molecule has 0 aliphatic rings. The van der Waals surface area contributed by atoms with Gasteiger partial charge in [-0.15, -0.1) is 0 Å². The molecule has 0 saturated heterocycles. The van der Waals surface area contributed by atoms with Gasteiger partial charge in [0.15, 0.2) is 0 Å². The average molecular weight is 217 g/mol. The van der Waals surface area contributed by atoms with Crippen LogP contribution in [0.2, 0.25) is 0 Å². The highest BCUT2D eigenvalue weighted by molar-refractivity contribution is 5.66. The van der Waals surface area contributed by atoms with Crippen molar-refractivity contribution in [2.75, 3.05) is 26.9 Å². The minimum atomic E-state index is -0.310. The molecule has 0 unspecified atom stereocenters. The maximum atomic E-state index is 11.1. The van der Waals surface area contributed by atoms with Crippen molar-refractivity contribution < 1.29 is 14.3 Å². The summed E-state index contributed by atoms with van der Waals surface area (Å²) in [6.45, 7) is 5.98. The Balaban J connectivity index is 3.17. The van der Waals surface area contributed by atoms with Crippen LogP contribution in [0.1, 0.15) is 33.1 Å². The highest BCUT2D eigenvalue weighted by Gasteiger charge is 2.01. The Morgan fingerprint density at radius 1 is 1.27 bits per heavy atom. The van der Waals surface area contributed by atoms with Crippen LogP contribution in [0.5, 0.6) is 0 Å². The van der Waals surface area contributed by atoms with Crippen LogP contribution >= 0.6 is 0 Å². The number of ether oxygens (including phenoxy) is 2. The summed E-state index contributed by atoms with van der Waals surface area (Å²) >= 11 is 0. The number of rotatable bonds is 8. The highest BCUT2D eigenvalue weighted by atomic mass is 16.5. The fourth-order valence-corrected chi connectivity index (χ4v) is 1.03. The minimum Gasteiger partial charge on any atom is -0.449 e. The summed E-state index contributed by atoms with van der Waals surface area (Å²) in [6.07, 6.45) is 2.77. The van der Waals surface area contributed by atoms with E-state index in [9.17, 15) is 4.79 Å². The fourth-order valence-electron chi connectivity index (χ4n) is 1.03. The molecule has 4 nitrogen and oxygen atoms in total. The van der Waals surface area contributed by atoms with Gasteiger partial charge in [0.2, 0.25) is 0 Å². The Kier molecular flexibility index (Phi) is 9.27. The van der Waals surface area contributed by atoms with E-state index in [4.69, 9.17) is 9.47 Å². The zero-order valence-corrected chi connectivity index (χ0v) is 10.0. The molecule has 0 heterocycles. The molecule has 0 fully saturated rings. The molecule has 0 aliphatic heterocycles. The molecule has 0 aromatic carbocycles. The molecule has 1 N–H and O–H groups in total. The number of alkyl carbamates (subject to hydrolysis) is 1. The van der Waals surface area contributed by atoms with Gasteiger partial charge in [-0.2, -0.15) is 0 Å². The number of hydrogen-bond acceptors (Lipinski definition) is 3. The van der Waals surface area contributed by atoms with Gasteiger partial charge in [0.25, 0.3) is 0 Å². The monoisotopic (exact) mass is 217 g/mol. The summed E-state index contributed by atoms with van der Waals surface area (Å²) in [5.41, 5.74) is 0. The van der Waals surface area contributed by atoms with E-state index >= 15 is 0 Å². The summed E-state index contributed by atoms with van der Waals surface area (Å²) in [5.74, 6) is 0.387. The van der Waals surface area contributed by atoms with Gasteiger partial charge in [0.05, 0.1) is 6.61 Å². The smallest absolute Gasteiger partial charge is 0.407 e. The van der Waals surface area contributed by atoms with Crippen molar-refractivity contribution >= 4 is 6.09 Å². The molecule has 0 atom stereocenters. The van der Waals surface area contributed by atoms with E-state index < -0.39 is 0 Å². The Bertz CT molecular complexity index is 160. The molecule has 0 bridgehead atoms. The predicted molar refractivity (Wildman–Crippen MR) is 59.9 cm³/mol. The van der Waals surface area contributed by atoms with Gasteiger partial charge < -0.3 is 14.8 Å². The standard InChI is InChI=1S/C11H23NO3/c1-10(2)9-15-11(13)12-7-5-4-6-8-14-3/h10H,4-9H2,1-3H3,(H,12,13). The van der Waals surface area contributed by atoms with Gasteiger partial charge in [0.1, 0.15) is 0 Å². The van der Waals surface area contributed by atoms with Crippen LogP contribution in [0.15, 0.2) is 0 Å². The van der Waals surface area contributed by atoms with Crippen LogP contribution in [-0.4, -0.2) is 33.0 Å². The van der Waals surface area contributed by atoms with Gasteiger partial charge in [-0.05, 0) is 25.2 Å². The molecular weight excluding hydrogens is 194 g/mol. The van der Waals surface area contributed by atoms with E-state index in [2.05, 4.69) is 5.32 Å². The third-order valence-electron chi connectivity index (χ3n) is 1.84. The van der Waals surface area contributed by atoms with E-state index in [0.717, 1.165) is 25.9 Å². The number of methoxy groups -OCH3 is 1. The normalized spacial score (nSPS) is 10.4. The molecule has 1 amide bonds. The maximum Gasteiger partial charge on any atom is 0.407 e. The van der Waals surface area contributed by atoms with Crippen LogP contribution in [0, 0.1) is 5.92 Å². The molecule has 0 radical (unpaired) electrons. The molecule has 0 aliphatic carbocycles. The molecule has 0 spiro atoms. The lowest BCUT2D eigenvalue weighted by atomic mass is 10.2. The second kappa shape index (κ2) is 9.77. The van der Waals surface area contributed by atoms with Gasteiger partial charge in [-0.1, -0.05) is 13.8 Å². The van der Waals surface area contributed by atoms with Crippen LogP contribution in [0.25, 0.3) is 0 Å². The first kappa shape index (κ1) is 14.2. The number of amides is 1. The van der Waals surface area contributed by atoms with Crippen LogP contribution in [0.3, 0.4) is 0 Å². The van der Waals surface area contributed by atoms with Crippen molar-refractivity contribution in [2.24, 2.45) is 5.92 Å².